The number of nitrogens with one attached hydrogen (secondary N) is 1. The van der Waals surface area contributed by atoms with Crippen molar-refractivity contribution in [3.63, 3.8) is 0 Å². The maximum absolute atomic E-state index is 12.6. The van der Waals surface area contributed by atoms with Crippen molar-refractivity contribution in [2.24, 2.45) is 5.92 Å². The van der Waals surface area contributed by atoms with E-state index in [1.165, 1.54) is 22.9 Å². The first-order chi connectivity index (χ1) is 13.6. The highest BCUT2D eigenvalue weighted by atomic mass is 32.2. The van der Waals surface area contributed by atoms with Gasteiger partial charge in [-0.25, -0.2) is 0 Å². The standard InChI is InChI=1S/C21H23N5OS/c1-14-6-8-16(9-7-14)20(17-10-11-17)22-19(27)13-28-21-23-24-25-26(21)18-5-3-4-15(2)12-18/h3-9,12,17,20H,10-11,13H2,1-2H3,(H,22,27). The number of aryl methyl sites for hydroxylation is 2. The Morgan fingerprint density at radius 1 is 1.18 bits per heavy atom. The van der Waals surface area contributed by atoms with Crippen molar-refractivity contribution < 1.29 is 4.79 Å². The average Bonchev–Trinajstić information content (AvgIpc) is 3.42. The van der Waals surface area contributed by atoms with Crippen LogP contribution < -0.4 is 5.32 Å². The Morgan fingerprint density at radius 3 is 2.68 bits per heavy atom. The van der Waals surface area contributed by atoms with Gasteiger partial charge >= 0.3 is 0 Å². The Hall–Kier alpha value is -2.67. The molecule has 0 radical (unpaired) electrons. The van der Waals surface area contributed by atoms with Gasteiger partial charge in [0.2, 0.25) is 11.1 Å². The zero-order valence-electron chi connectivity index (χ0n) is 16.0. The molecule has 1 N–H and O–H groups in total. The normalized spacial score (nSPS) is 14.6. The molecule has 1 aliphatic carbocycles. The number of thioether (sulfide) groups is 1. The van der Waals surface area contributed by atoms with Gasteiger partial charge in [0.05, 0.1) is 17.5 Å². The fraction of sp³-hybridized carbons (Fsp3) is 0.333. The molecule has 1 aromatic heterocycles. The highest BCUT2D eigenvalue weighted by molar-refractivity contribution is 7.99. The smallest absolute Gasteiger partial charge is 0.230 e. The summed E-state index contributed by atoms with van der Waals surface area (Å²) in [5.74, 6) is 0.817. The molecule has 0 saturated heterocycles. The molecular formula is C21H23N5OS. The van der Waals surface area contributed by atoms with Crippen molar-refractivity contribution in [3.8, 4) is 5.69 Å². The lowest BCUT2D eigenvalue weighted by atomic mass is 10.0. The number of amides is 1. The summed E-state index contributed by atoms with van der Waals surface area (Å²) in [4.78, 5) is 12.6. The van der Waals surface area contributed by atoms with E-state index in [4.69, 9.17) is 0 Å². The van der Waals surface area contributed by atoms with E-state index in [9.17, 15) is 4.79 Å². The number of rotatable bonds is 7. The van der Waals surface area contributed by atoms with Crippen molar-refractivity contribution in [3.05, 3.63) is 65.2 Å². The van der Waals surface area contributed by atoms with Crippen LogP contribution >= 0.6 is 11.8 Å². The molecule has 1 heterocycles. The topological polar surface area (TPSA) is 72.7 Å². The van der Waals surface area contributed by atoms with E-state index in [-0.39, 0.29) is 17.7 Å². The van der Waals surface area contributed by atoms with Crippen molar-refractivity contribution in [1.29, 1.82) is 0 Å². The van der Waals surface area contributed by atoms with Gasteiger partial charge in [0.25, 0.3) is 0 Å². The first-order valence-corrected chi connectivity index (χ1v) is 10.4. The van der Waals surface area contributed by atoms with Crippen LogP contribution in [0.5, 0.6) is 0 Å². The molecular weight excluding hydrogens is 370 g/mol. The highest BCUT2D eigenvalue weighted by Crippen LogP contribution is 2.41. The second-order valence-corrected chi connectivity index (χ2v) is 8.24. The number of carbonyl (C=O) groups is 1. The molecule has 1 unspecified atom stereocenters. The van der Waals surface area contributed by atoms with Gasteiger partial charge in [-0.1, -0.05) is 53.7 Å². The van der Waals surface area contributed by atoms with Crippen molar-refractivity contribution in [1.82, 2.24) is 25.5 Å². The largest absolute Gasteiger partial charge is 0.348 e. The number of aromatic nitrogens is 4. The molecule has 1 amide bonds. The summed E-state index contributed by atoms with van der Waals surface area (Å²) in [5, 5.41) is 15.7. The zero-order valence-corrected chi connectivity index (χ0v) is 16.8. The summed E-state index contributed by atoms with van der Waals surface area (Å²) < 4.78 is 1.67. The van der Waals surface area contributed by atoms with Gasteiger partial charge in [-0.15, -0.1) is 5.10 Å². The van der Waals surface area contributed by atoms with E-state index in [2.05, 4.69) is 52.0 Å². The number of nitrogens with zero attached hydrogens (tertiary/aromatic N) is 4. The SMILES string of the molecule is Cc1ccc(C(NC(=O)CSc2nnnn2-c2cccc(C)c2)C2CC2)cc1. The number of benzene rings is 2. The molecule has 1 atom stereocenters. The van der Waals surface area contributed by atoms with E-state index in [0.717, 1.165) is 24.1 Å². The Bertz CT molecular complexity index is 965. The molecule has 7 heteroatoms. The second kappa shape index (κ2) is 8.14. The van der Waals surface area contributed by atoms with E-state index >= 15 is 0 Å². The lowest BCUT2D eigenvalue weighted by molar-refractivity contribution is -0.119. The van der Waals surface area contributed by atoms with Gasteiger partial charge in [-0.3, -0.25) is 4.79 Å². The van der Waals surface area contributed by atoms with Crippen LogP contribution in [0.2, 0.25) is 0 Å². The lowest BCUT2D eigenvalue weighted by Crippen LogP contribution is -2.31. The minimum atomic E-state index is 0.00117. The summed E-state index contributed by atoms with van der Waals surface area (Å²) in [5.41, 5.74) is 4.43. The van der Waals surface area contributed by atoms with Gasteiger partial charge in [-0.2, -0.15) is 4.68 Å². The quantitative estimate of drug-likeness (QED) is 0.621. The lowest BCUT2D eigenvalue weighted by Gasteiger charge is -2.19. The second-order valence-electron chi connectivity index (χ2n) is 7.29. The summed E-state index contributed by atoms with van der Waals surface area (Å²) in [6.07, 6.45) is 2.33. The Morgan fingerprint density at radius 2 is 1.96 bits per heavy atom. The third-order valence-corrected chi connectivity index (χ3v) is 5.79. The third kappa shape index (κ3) is 4.42. The molecule has 1 aliphatic rings. The summed E-state index contributed by atoms with van der Waals surface area (Å²) in [6, 6.07) is 16.5. The van der Waals surface area contributed by atoms with Crippen molar-refractivity contribution in [2.75, 3.05) is 5.75 Å². The molecule has 4 rings (SSSR count). The van der Waals surface area contributed by atoms with Gasteiger partial charge in [0.15, 0.2) is 0 Å². The highest BCUT2D eigenvalue weighted by Gasteiger charge is 2.33. The Balaban J connectivity index is 1.41. The molecule has 28 heavy (non-hydrogen) atoms. The molecule has 0 aliphatic heterocycles. The van der Waals surface area contributed by atoms with Crippen LogP contribution in [0.1, 0.15) is 35.6 Å². The number of carbonyl (C=O) groups excluding carboxylic acids is 1. The van der Waals surface area contributed by atoms with Crippen LogP contribution in [0.25, 0.3) is 5.69 Å². The van der Waals surface area contributed by atoms with Crippen LogP contribution in [-0.2, 0) is 4.79 Å². The molecule has 0 spiro atoms. The first-order valence-electron chi connectivity index (χ1n) is 9.44. The molecule has 1 fully saturated rings. The molecule has 2 aromatic carbocycles. The van der Waals surface area contributed by atoms with Crippen LogP contribution in [0.3, 0.4) is 0 Å². The molecule has 1 saturated carbocycles. The van der Waals surface area contributed by atoms with Gasteiger partial charge in [-0.05, 0) is 66.3 Å². The third-order valence-electron chi connectivity index (χ3n) is 4.87. The predicted octanol–water partition coefficient (Wildman–Crippen LogP) is 3.64. The maximum atomic E-state index is 12.6. The molecule has 144 valence electrons. The van der Waals surface area contributed by atoms with E-state index in [0.29, 0.717) is 11.1 Å². The monoisotopic (exact) mass is 393 g/mol. The fourth-order valence-electron chi connectivity index (χ4n) is 3.21. The number of hydrogen-bond donors (Lipinski definition) is 1. The summed E-state index contributed by atoms with van der Waals surface area (Å²) in [6.45, 7) is 4.10. The average molecular weight is 394 g/mol. The summed E-state index contributed by atoms with van der Waals surface area (Å²) >= 11 is 1.35. The maximum Gasteiger partial charge on any atom is 0.230 e. The van der Waals surface area contributed by atoms with Crippen molar-refractivity contribution in [2.45, 2.75) is 37.9 Å². The fourth-order valence-corrected chi connectivity index (χ4v) is 3.91. The van der Waals surface area contributed by atoms with E-state index in [1.54, 1.807) is 4.68 Å². The van der Waals surface area contributed by atoms with Gasteiger partial charge in [0.1, 0.15) is 0 Å². The molecule has 0 bridgehead atoms. The van der Waals surface area contributed by atoms with E-state index < -0.39 is 0 Å². The predicted molar refractivity (Wildman–Crippen MR) is 109 cm³/mol. The molecule has 3 aromatic rings. The van der Waals surface area contributed by atoms with Crippen LogP contribution in [0, 0.1) is 19.8 Å². The minimum absolute atomic E-state index is 0.00117. The zero-order chi connectivity index (χ0) is 19.5. The van der Waals surface area contributed by atoms with Crippen LogP contribution in [0.4, 0.5) is 0 Å². The number of tetrazole rings is 1. The van der Waals surface area contributed by atoms with Crippen LogP contribution in [0.15, 0.2) is 53.7 Å². The molecule has 6 nitrogen and oxygen atoms in total. The van der Waals surface area contributed by atoms with Gasteiger partial charge in [0, 0.05) is 0 Å². The minimum Gasteiger partial charge on any atom is -0.348 e. The van der Waals surface area contributed by atoms with Crippen LogP contribution in [-0.4, -0.2) is 31.9 Å². The Labute approximate surface area is 168 Å². The first kappa shape index (κ1) is 18.7. The van der Waals surface area contributed by atoms with Crippen molar-refractivity contribution >= 4 is 17.7 Å². The number of hydrogen-bond acceptors (Lipinski definition) is 5. The Kier molecular flexibility index (Phi) is 5.43. The van der Waals surface area contributed by atoms with E-state index in [1.807, 2.05) is 31.2 Å². The van der Waals surface area contributed by atoms with Gasteiger partial charge < -0.3 is 5.32 Å². The summed E-state index contributed by atoms with van der Waals surface area (Å²) in [7, 11) is 0.